The van der Waals surface area contributed by atoms with Crippen LogP contribution in [0.5, 0.6) is 5.88 Å². The van der Waals surface area contributed by atoms with E-state index < -0.39 is 0 Å². The van der Waals surface area contributed by atoms with Crippen LogP contribution >= 0.6 is 0 Å². The number of aromatic nitrogens is 2. The standard InChI is InChI=1S/C10H15N3O/c1-10(5-11-6-10)14-9-7-3-2-4-8(7)12-13-9/h11H,2-6H2,1H3,(H,12,13). The minimum atomic E-state index is -0.0362. The van der Waals surface area contributed by atoms with Gasteiger partial charge in [-0.3, -0.25) is 5.10 Å². The predicted octanol–water partition coefficient (Wildman–Crippen LogP) is 0.639. The summed E-state index contributed by atoms with van der Waals surface area (Å²) >= 11 is 0. The first kappa shape index (κ1) is 8.29. The molecule has 1 aromatic heterocycles. The highest BCUT2D eigenvalue weighted by Gasteiger charge is 2.36. The highest BCUT2D eigenvalue weighted by molar-refractivity contribution is 5.34. The molecule has 1 aliphatic carbocycles. The molecule has 0 bridgehead atoms. The normalized spacial score (nSPS) is 22.9. The Labute approximate surface area is 83.0 Å². The summed E-state index contributed by atoms with van der Waals surface area (Å²) in [6, 6.07) is 0. The van der Waals surface area contributed by atoms with Crippen LogP contribution in [0.4, 0.5) is 0 Å². The number of hydrogen-bond donors (Lipinski definition) is 2. The van der Waals surface area contributed by atoms with Gasteiger partial charge in [0.25, 0.3) is 0 Å². The lowest BCUT2D eigenvalue weighted by molar-refractivity contribution is 0.0295. The molecule has 4 heteroatoms. The van der Waals surface area contributed by atoms with E-state index in [4.69, 9.17) is 4.74 Å². The number of rotatable bonds is 2. The number of fused-ring (bicyclic) bond motifs is 1. The molecule has 1 aromatic rings. The zero-order valence-corrected chi connectivity index (χ0v) is 8.39. The second-order valence-corrected chi connectivity index (χ2v) is 4.49. The molecule has 0 unspecified atom stereocenters. The van der Waals surface area contributed by atoms with E-state index in [9.17, 15) is 0 Å². The van der Waals surface area contributed by atoms with Gasteiger partial charge in [0.1, 0.15) is 5.60 Å². The molecule has 1 fully saturated rings. The fourth-order valence-corrected chi connectivity index (χ4v) is 2.16. The molecular weight excluding hydrogens is 178 g/mol. The summed E-state index contributed by atoms with van der Waals surface area (Å²) in [7, 11) is 0. The van der Waals surface area contributed by atoms with E-state index >= 15 is 0 Å². The number of aromatic amines is 1. The summed E-state index contributed by atoms with van der Waals surface area (Å²) in [6.45, 7) is 3.97. The van der Waals surface area contributed by atoms with Gasteiger partial charge in [-0.25, -0.2) is 0 Å². The molecule has 0 spiro atoms. The summed E-state index contributed by atoms with van der Waals surface area (Å²) in [5.74, 6) is 0.835. The summed E-state index contributed by atoms with van der Waals surface area (Å²) in [5, 5.41) is 10.5. The van der Waals surface area contributed by atoms with Crippen LogP contribution in [-0.2, 0) is 12.8 Å². The number of H-pyrrole nitrogens is 1. The number of ether oxygens (including phenoxy) is 1. The third-order valence-corrected chi connectivity index (χ3v) is 3.11. The average Bonchev–Trinajstić information content (AvgIpc) is 2.66. The molecule has 0 saturated carbocycles. The summed E-state index contributed by atoms with van der Waals surface area (Å²) in [6.07, 6.45) is 3.47. The fourth-order valence-electron chi connectivity index (χ4n) is 2.16. The molecule has 2 aliphatic rings. The van der Waals surface area contributed by atoms with Crippen molar-refractivity contribution in [1.82, 2.24) is 15.5 Å². The smallest absolute Gasteiger partial charge is 0.236 e. The van der Waals surface area contributed by atoms with E-state index in [2.05, 4.69) is 22.4 Å². The Morgan fingerprint density at radius 2 is 2.21 bits per heavy atom. The van der Waals surface area contributed by atoms with Gasteiger partial charge in [0.2, 0.25) is 5.88 Å². The third-order valence-electron chi connectivity index (χ3n) is 3.11. The molecule has 3 rings (SSSR count). The predicted molar refractivity (Wildman–Crippen MR) is 52.5 cm³/mol. The van der Waals surface area contributed by atoms with Gasteiger partial charge >= 0.3 is 0 Å². The zero-order valence-electron chi connectivity index (χ0n) is 8.39. The van der Waals surface area contributed by atoms with E-state index in [1.165, 1.54) is 17.7 Å². The van der Waals surface area contributed by atoms with Crippen molar-refractivity contribution < 1.29 is 4.74 Å². The Balaban J connectivity index is 1.83. The van der Waals surface area contributed by atoms with Gasteiger partial charge in [0.05, 0.1) is 0 Å². The van der Waals surface area contributed by atoms with Crippen LogP contribution in [0.3, 0.4) is 0 Å². The van der Waals surface area contributed by atoms with Crippen molar-refractivity contribution >= 4 is 0 Å². The van der Waals surface area contributed by atoms with E-state index in [0.29, 0.717) is 0 Å². The average molecular weight is 193 g/mol. The van der Waals surface area contributed by atoms with Crippen LogP contribution in [0.2, 0.25) is 0 Å². The lowest BCUT2D eigenvalue weighted by atomic mass is 10.00. The molecule has 2 heterocycles. The molecule has 2 N–H and O–H groups in total. The Bertz CT molecular complexity index is 354. The molecule has 0 atom stereocenters. The molecule has 1 saturated heterocycles. The topological polar surface area (TPSA) is 49.9 Å². The van der Waals surface area contributed by atoms with E-state index in [1.54, 1.807) is 0 Å². The van der Waals surface area contributed by atoms with Crippen LogP contribution in [-0.4, -0.2) is 28.9 Å². The Morgan fingerprint density at radius 3 is 2.93 bits per heavy atom. The molecule has 0 aromatic carbocycles. The molecule has 1 aliphatic heterocycles. The van der Waals surface area contributed by atoms with Crippen LogP contribution in [0.1, 0.15) is 24.6 Å². The Morgan fingerprint density at radius 1 is 1.36 bits per heavy atom. The first-order chi connectivity index (χ1) is 6.77. The maximum Gasteiger partial charge on any atom is 0.236 e. The summed E-state index contributed by atoms with van der Waals surface area (Å²) in [5.41, 5.74) is 2.54. The number of nitrogens with zero attached hydrogens (tertiary/aromatic N) is 1. The third kappa shape index (κ3) is 1.14. The minimum Gasteiger partial charge on any atom is -0.467 e. The van der Waals surface area contributed by atoms with Gasteiger partial charge in [0, 0.05) is 24.3 Å². The van der Waals surface area contributed by atoms with Crippen molar-refractivity contribution in [3.63, 3.8) is 0 Å². The van der Waals surface area contributed by atoms with Crippen molar-refractivity contribution in [3.05, 3.63) is 11.3 Å². The fraction of sp³-hybridized carbons (Fsp3) is 0.700. The largest absolute Gasteiger partial charge is 0.467 e. The van der Waals surface area contributed by atoms with Crippen LogP contribution < -0.4 is 10.1 Å². The van der Waals surface area contributed by atoms with Crippen molar-refractivity contribution in [2.45, 2.75) is 31.8 Å². The Hall–Kier alpha value is -1.03. The molecule has 0 radical (unpaired) electrons. The van der Waals surface area contributed by atoms with Gasteiger partial charge in [-0.2, -0.15) is 0 Å². The van der Waals surface area contributed by atoms with Gasteiger partial charge in [0.15, 0.2) is 0 Å². The minimum absolute atomic E-state index is 0.0362. The highest BCUT2D eigenvalue weighted by atomic mass is 16.5. The summed E-state index contributed by atoms with van der Waals surface area (Å²) < 4.78 is 5.92. The Kier molecular flexibility index (Phi) is 1.62. The molecule has 4 nitrogen and oxygen atoms in total. The SMILES string of the molecule is CC1(Oc2n[nH]c3c2CCC3)CNC1. The monoisotopic (exact) mass is 193 g/mol. The lowest BCUT2D eigenvalue weighted by Crippen LogP contribution is -2.61. The molecule has 76 valence electrons. The van der Waals surface area contributed by atoms with Crippen LogP contribution in [0.15, 0.2) is 0 Å². The lowest BCUT2D eigenvalue weighted by Gasteiger charge is -2.38. The van der Waals surface area contributed by atoms with E-state index in [0.717, 1.165) is 31.8 Å². The van der Waals surface area contributed by atoms with Gasteiger partial charge < -0.3 is 10.1 Å². The van der Waals surface area contributed by atoms with E-state index in [1.807, 2.05) is 0 Å². The molecule has 14 heavy (non-hydrogen) atoms. The van der Waals surface area contributed by atoms with Crippen molar-refractivity contribution in [2.24, 2.45) is 0 Å². The van der Waals surface area contributed by atoms with Crippen LogP contribution in [0.25, 0.3) is 0 Å². The molecule has 0 amide bonds. The van der Waals surface area contributed by atoms with Gasteiger partial charge in [-0.1, -0.05) is 0 Å². The van der Waals surface area contributed by atoms with Gasteiger partial charge in [-0.05, 0) is 26.2 Å². The van der Waals surface area contributed by atoms with E-state index in [-0.39, 0.29) is 5.60 Å². The highest BCUT2D eigenvalue weighted by Crippen LogP contribution is 2.30. The second kappa shape index (κ2) is 2.73. The maximum absolute atomic E-state index is 5.92. The zero-order chi connectivity index (χ0) is 9.60. The second-order valence-electron chi connectivity index (χ2n) is 4.49. The maximum atomic E-state index is 5.92. The van der Waals surface area contributed by atoms with Crippen molar-refractivity contribution in [1.29, 1.82) is 0 Å². The van der Waals surface area contributed by atoms with Crippen LogP contribution in [0, 0.1) is 0 Å². The number of hydrogen-bond acceptors (Lipinski definition) is 3. The van der Waals surface area contributed by atoms with Crippen molar-refractivity contribution in [3.8, 4) is 5.88 Å². The molecular formula is C10H15N3O. The van der Waals surface area contributed by atoms with Gasteiger partial charge in [-0.15, -0.1) is 5.10 Å². The van der Waals surface area contributed by atoms with Crippen molar-refractivity contribution in [2.75, 3.05) is 13.1 Å². The summed E-state index contributed by atoms with van der Waals surface area (Å²) in [4.78, 5) is 0. The first-order valence-electron chi connectivity index (χ1n) is 5.23. The first-order valence-corrected chi connectivity index (χ1v) is 5.23. The number of nitrogens with one attached hydrogen (secondary N) is 2. The number of aryl methyl sites for hydroxylation is 1. The quantitative estimate of drug-likeness (QED) is 0.724.